The van der Waals surface area contributed by atoms with Crippen LogP contribution < -0.4 is 20.1 Å². The highest BCUT2D eigenvalue weighted by Crippen LogP contribution is 2.27. The van der Waals surface area contributed by atoms with Gasteiger partial charge in [-0.05, 0) is 68.4 Å². The number of anilines is 1. The molecule has 2 aromatic carbocycles. The van der Waals surface area contributed by atoms with E-state index in [1.165, 1.54) is 0 Å². The fraction of sp³-hybridized carbons (Fsp3) is 0.429. The van der Waals surface area contributed by atoms with E-state index >= 15 is 0 Å². The fourth-order valence-electron chi connectivity index (χ4n) is 4.62. The molecule has 0 radical (unpaired) electrons. The quantitative estimate of drug-likeness (QED) is 0.344. The number of hydrogen-bond donors (Lipinski definition) is 2. The molecule has 9 heteroatoms. The highest BCUT2D eigenvalue weighted by Gasteiger charge is 2.16. The molecule has 0 saturated carbocycles. The van der Waals surface area contributed by atoms with Gasteiger partial charge in [0.1, 0.15) is 0 Å². The summed E-state index contributed by atoms with van der Waals surface area (Å²) in [6.07, 6.45) is 3.83. The second kappa shape index (κ2) is 13.5. The number of piperazine rings is 1. The smallest absolute Gasteiger partial charge is 0.251 e. The first-order chi connectivity index (χ1) is 18.1. The summed E-state index contributed by atoms with van der Waals surface area (Å²) in [7, 11) is 3.15. The van der Waals surface area contributed by atoms with Crippen LogP contribution in [0, 0.1) is 0 Å². The van der Waals surface area contributed by atoms with Crippen LogP contribution in [0.2, 0.25) is 5.02 Å². The molecule has 4 rings (SSSR count). The van der Waals surface area contributed by atoms with Gasteiger partial charge in [0.15, 0.2) is 11.5 Å². The molecule has 0 atom stereocenters. The summed E-state index contributed by atoms with van der Waals surface area (Å²) in [5.41, 5.74) is 2.58. The minimum Gasteiger partial charge on any atom is -0.493 e. The average Bonchev–Trinajstić information content (AvgIpc) is 2.93. The van der Waals surface area contributed by atoms with Crippen LogP contribution in [0.4, 0.5) is 5.69 Å². The van der Waals surface area contributed by atoms with Gasteiger partial charge >= 0.3 is 0 Å². The third-order valence-corrected chi connectivity index (χ3v) is 6.95. The summed E-state index contributed by atoms with van der Waals surface area (Å²) in [5.74, 6) is 1.07. The predicted molar refractivity (Wildman–Crippen MR) is 149 cm³/mol. The van der Waals surface area contributed by atoms with E-state index in [0.717, 1.165) is 75.2 Å². The van der Waals surface area contributed by atoms with E-state index < -0.39 is 0 Å². The van der Waals surface area contributed by atoms with Gasteiger partial charge in [-0.15, -0.1) is 0 Å². The molecule has 0 aliphatic carbocycles. The number of nitrogens with one attached hydrogen (secondary N) is 2. The van der Waals surface area contributed by atoms with Gasteiger partial charge in [0.2, 0.25) is 0 Å². The Balaban J connectivity index is 1.09. The van der Waals surface area contributed by atoms with Gasteiger partial charge in [-0.25, -0.2) is 0 Å². The molecule has 3 aromatic rings. The van der Waals surface area contributed by atoms with Crippen LogP contribution in [-0.4, -0.2) is 87.3 Å². The number of halogens is 1. The van der Waals surface area contributed by atoms with Crippen LogP contribution in [0.15, 0.2) is 48.7 Å². The van der Waals surface area contributed by atoms with Gasteiger partial charge in [0.25, 0.3) is 5.91 Å². The Morgan fingerprint density at radius 1 is 0.919 bits per heavy atom. The van der Waals surface area contributed by atoms with E-state index in [-0.39, 0.29) is 5.91 Å². The van der Waals surface area contributed by atoms with Crippen molar-refractivity contribution in [3.8, 4) is 11.5 Å². The van der Waals surface area contributed by atoms with Crippen molar-refractivity contribution in [2.45, 2.75) is 12.8 Å². The first kappa shape index (κ1) is 27.0. The highest BCUT2D eigenvalue weighted by atomic mass is 35.5. The maximum Gasteiger partial charge on any atom is 0.251 e. The number of hydrogen-bond acceptors (Lipinski definition) is 7. The van der Waals surface area contributed by atoms with Gasteiger partial charge < -0.3 is 29.9 Å². The van der Waals surface area contributed by atoms with Gasteiger partial charge in [-0.3, -0.25) is 9.78 Å². The first-order valence-electron chi connectivity index (χ1n) is 12.8. The van der Waals surface area contributed by atoms with Crippen LogP contribution >= 0.6 is 11.6 Å². The second-order valence-electron chi connectivity index (χ2n) is 9.16. The largest absolute Gasteiger partial charge is 0.493 e. The third-order valence-electron chi connectivity index (χ3n) is 6.72. The number of fused-ring (bicyclic) bond motifs is 1. The third kappa shape index (κ3) is 7.47. The topological polar surface area (TPSA) is 79.0 Å². The van der Waals surface area contributed by atoms with Crippen molar-refractivity contribution in [2.24, 2.45) is 0 Å². The molecule has 0 bridgehead atoms. The van der Waals surface area contributed by atoms with Crippen LogP contribution in [-0.2, 0) is 0 Å². The van der Waals surface area contributed by atoms with Crippen molar-refractivity contribution in [2.75, 3.05) is 71.9 Å². The fourth-order valence-corrected chi connectivity index (χ4v) is 4.79. The van der Waals surface area contributed by atoms with Crippen molar-refractivity contribution >= 4 is 34.1 Å². The van der Waals surface area contributed by atoms with E-state index in [4.69, 9.17) is 21.1 Å². The summed E-state index contributed by atoms with van der Waals surface area (Å²) < 4.78 is 10.5. The number of carbonyl (C=O) groups excluding carboxylic acids is 1. The number of amides is 1. The Morgan fingerprint density at radius 3 is 2.32 bits per heavy atom. The van der Waals surface area contributed by atoms with Gasteiger partial charge in [-0.1, -0.05) is 11.6 Å². The summed E-state index contributed by atoms with van der Waals surface area (Å²) in [4.78, 5) is 21.9. The molecule has 2 heterocycles. The van der Waals surface area contributed by atoms with Crippen LogP contribution in [0.1, 0.15) is 23.2 Å². The number of nitrogens with zero attached hydrogens (tertiary/aromatic N) is 3. The second-order valence-corrected chi connectivity index (χ2v) is 9.60. The lowest BCUT2D eigenvalue weighted by Gasteiger charge is -2.34. The summed E-state index contributed by atoms with van der Waals surface area (Å²) in [6.45, 7) is 7.91. The standard InChI is InChI=1S/C28H36ClN5O3/c1-36-26-8-5-21(19-27(26)37-2)28(35)32-11-4-14-34-17-15-33(16-18-34)13-3-10-30-24-9-12-31-25-20-22(29)6-7-23(24)25/h5-9,12,19-20H,3-4,10-11,13-18H2,1-2H3,(H,30,31)(H,32,35). The van der Waals surface area contributed by atoms with Gasteiger partial charge in [0, 0.05) is 67.1 Å². The lowest BCUT2D eigenvalue weighted by Crippen LogP contribution is -2.47. The lowest BCUT2D eigenvalue weighted by atomic mass is 10.2. The molecular weight excluding hydrogens is 490 g/mol. The Labute approximate surface area is 223 Å². The van der Waals surface area contributed by atoms with Crippen LogP contribution in [0.3, 0.4) is 0 Å². The number of ether oxygens (including phenoxy) is 2. The van der Waals surface area contributed by atoms with Crippen molar-refractivity contribution < 1.29 is 14.3 Å². The van der Waals surface area contributed by atoms with Crippen molar-refractivity contribution in [1.82, 2.24) is 20.1 Å². The molecule has 1 aliphatic rings. The SMILES string of the molecule is COc1ccc(C(=O)NCCCN2CCN(CCCNc3ccnc4cc(Cl)ccc34)CC2)cc1OC. The Hall–Kier alpha value is -3.07. The molecule has 1 amide bonds. The normalized spacial score (nSPS) is 14.5. The first-order valence-corrected chi connectivity index (χ1v) is 13.2. The van der Waals surface area contributed by atoms with E-state index in [0.29, 0.717) is 28.6 Å². The monoisotopic (exact) mass is 525 g/mol. The van der Waals surface area contributed by atoms with Crippen molar-refractivity contribution in [3.63, 3.8) is 0 Å². The Morgan fingerprint density at radius 2 is 1.62 bits per heavy atom. The zero-order valence-electron chi connectivity index (χ0n) is 21.6. The minimum atomic E-state index is -0.0945. The molecule has 0 unspecified atom stereocenters. The maximum atomic E-state index is 12.5. The zero-order chi connectivity index (χ0) is 26.0. The predicted octanol–water partition coefficient (Wildman–Crippen LogP) is 4.15. The molecule has 1 fully saturated rings. The minimum absolute atomic E-state index is 0.0945. The number of pyridine rings is 1. The maximum absolute atomic E-state index is 12.5. The molecule has 8 nitrogen and oxygen atoms in total. The Kier molecular flexibility index (Phi) is 9.82. The molecule has 1 aromatic heterocycles. The molecular formula is C28H36ClN5O3. The Bertz CT molecular complexity index is 1180. The number of aromatic nitrogens is 1. The van der Waals surface area contributed by atoms with Crippen molar-refractivity contribution in [3.05, 3.63) is 59.2 Å². The summed E-state index contributed by atoms with van der Waals surface area (Å²) in [6, 6.07) is 13.1. The van der Waals surface area contributed by atoms with Gasteiger partial charge in [0.05, 0.1) is 19.7 Å². The number of carbonyl (C=O) groups is 1. The lowest BCUT2D eigenvalue weighted by molar-refractivity contribution is 0.0947. The van der Waals surface area contributed by atoms with Crippen LogP contribution in [0.5, 0.6) is 11.5 Å². The number of rotatable bonds is 12. The molecule has 0 spiro atoms. The number of methoxy groups -OCH3 is 2. The van der Waals surface area contributed by atoms with E-state index in [2.05, 4.69) is 25.4 Å². The molecule has 2 N–H and O–H groups in total. The van der Waals surface area contributed by atoms with E-state index in [1.54, 1.807) is 32.4 Å². The van der Waals surface area contributed by atoms with Gasteiger partial charge in [-0.2, -0.15) is 0 Å². The van der Waals surface area contributed by atoms with Crippen LogP contribution in [0.25, 0.3) is 10.9 Å². The zero-order valence-corrected chi connectivity index (χ0v) is 22.4. The summed E-state index contributed by atoms with van der Waals surface area (Å²) in [5, 5.41) is 8.36. The van der Waals surface area contributed by atoms with E-state index in [9.17, 15) is 4.79 Å². The van der Waals surface area contributed by atoms with Crippen molar-refractivity contribution in [1.29, 1.82) is 0 Å². The number of benzene rings is 2. The molecule has 198 valence electrons. The molecule has 1 saturated heterocycles. The molecule has 37 heavy (non-hydrogen) atoms. The summed E-state index contributed by atoms with van der Waals surface area (Å²) >= 11 is 6.09. The highest BCUT2D eigenvalue weighted by molar-refractivity contribution is 6.31. The van der Waals surface area contributed by atoms with E-state index in [1.807, 2.05) is 30.5 Å². The molecule has 1 aliphatic heterocycles. The average molecular weight is 526 g/mol.